The number of aromatic amines is 1. The van der Waals surface area contributed by atoms with E-state index >= 15 is 0 Å². The molecule has 0 aliphatic carbocycles. The fourth-order valence-electron chi connectivity index (χ4n) is 2.01. The third-order valence-electron chi connectivity index (χ3n) is 2.86. The minimum atomic E-state index is 0.901. The molecule has 2 N–H and O–H groups in total. The minimum absolute atomic E-state index is 0.901. The van der Waals surface area contributed by atoms with Crippen molar-refractivity contribution in [3.8, 4) is 0 Å². The fourth-order valence-corrected chi connectivity index (χ4v) is 2.01. The highest BCUT2D eigenvalue weighted by Gasteiger charge is 2.11. The molecule has 0 radical (unpaired) electrons. The Morgan fingerprint density at radius 3 is 3.12 bits per heavy atom. The van der Waals surface area contributed by atoms with E-state index in [2.05, 4.69) is 32.3 Å². The van der Waals surface area contributed by atoms with Crippen molar-refractivity contribution in [2.24, 2.45) is 0 Å². The summed E-state index contributed by atoms with van der Waals surface area (Å²) in [6.07, 6.45) is 3.29. The standard InChI is InChI=1S/C11H21N5/c1-2-4-10-13-11(15-14-10)9-16-7-3-5-12-6-8-16/h12H,2-9H2,1H3,(H,13,14,15). The molecular formula is C11H21N5. The Labute approximate surface area is 96.6 Å². The van der Waals surface area contributed by atoms with Gasteiger partial charge in [-0.15, -0.1) is 0 Å². The van der Waals surface area contributed by atoms with Crippen LogP contribution in [0.25, 0.3) is 0 Å². The van der Waals surface area contributed by atoms with E-state index in [0.29, 0.717) is 0 Å². The summed E-state index contributed by atoms with van der Waals surface area (Å²) in [5, 5.41) is 10.7. The zero-order valence-electron chi connectivity index (χ0n) is 10.00. The van der Waals surface area contributed by atoms with Gasteiger partial charge in [0.05, 0.1) is 6.54 Å². The first-order valence-electron chi connectivity index (χ1n) is 6.21. The summed E-state index contributed by atoms with van der Waals surface area (Å²) in [6, 6.07) is 0. The lowest BCUT2D eigenvalue weighted by molar-refractivity contribution is 0.277. The van der Waals surface area contributed by atoms with Crippen LogP contribution in [0.5, 0.6) is 0 Å². The molecule has 1 aliphatic rings. The summed E-state index contributed by atoms with van der Waals surface area (Å²) in [6.45, 7) is 7.51. The molecule has 1 saturated heterocycles. The maximum Gasteiger partial charge on any atom is 0.150 e. The van der Waals surface area contributed by atoms with Crippen LogP contribution in [0.3, 0.4) is 0 Å². The summed E-state index contributed by atoms with van der Waals surface area (Å²) in [5.74, 6) is 1.95. The van der Waals surface area contributed by atoms with Crippen LogP contribution in [-0.4, -0.2) is 46.3 Å². The Morgan fingerprint density at radius 1 is 1.31 bits per heavy atom. The number of aryl methyl sites for hydroxylation is 1. The van der Waals surface area contributed by atoms with E-state index in [9.17, 15) is 0 Å². The van der Waals surface area contributed by atoms with Gasteiger partial charge in [-0.05, 0) is 25.9 Å². The smallest absolute Gasteiger partial charge is 0.150 e. The van der Waals surface area contributed by atoms with E-state index in [0.717, 1.165) is 57.2 Å². The highest BCUT2D eigenvalue weighted by atomic mass is 15.3. The van der Waals surface area contributed by atoms with Gasteiger partial charge in [0, 0.05) is 19.5 Å². The van der Waals surface area contributed by atoms with Gasteiger partial charge in [-0.3, -0.25) is 10.00 Å². The van der Waals surface area contributed by atoms with Crippen LogP contribution in [-0.2, 0) is 13.0 Å². The average Bonchev–Trinajstić information content (AvgIpc) is 2.56. The van der Waals surface area contributed by atoms with E-state index < -0.39 is 0 Å². The molecule has 5 heteroatoms. The molecule has 2 rings (SSSR count). The largest absolute Gasteiger partial charge is 0.315 e. The molecule has 0 spiro atoms. The third kappa shape index (κ3) is 3.28. The first-order chi connectivity index (χ1) is 7.88. The minimum Gasteiger partial charge on any atom is -0.315 e. The molecule has 1 aromatic rings. The highest BCUT2D eigenvalue weighted by molar-refractivity contribution is 4.90. The zero-order chi connectivity index (χ0) is 11.2. The molecule has 0 atom stereocenters. The molecule has 5 nitrogen and oxygen atoms in total. The second kappa shape index (κ2) is 5.96. The summed E-state index contributed by atoms with van der Waals surface area (Å²) in [4.78, 5) is 6.92. The van der Waals surface area contributed by atoms with Crippen molar-refractivity contribution in [2.75, 3.05) is 26.2 Å². The number of hydrogen-bond acceptors (Lipinski definition) is 4. The maximum absolute atomic E-state index is 4.50. The van der Waals surface area contributed by atoms with Gasteiger partial charge in [0.2, 0.25) is 0 Å². The van der Waals surface area contributed by atoms with Crippen LogP contribution >= 0.6 is 0 Å². The van der Waals surface area contributed by atoms with Gasteiger partial charge < -0.3 is 5.32 Å². The van der Waals surface area contributed by atoms with Gasteiger partial charge >= 0.3 is 0 Å². The number of H-pyrrole nitrogens is 1. The number of aromatic nitrogens is 3. The lowest BCUT2D eigenvalue weighted by atomic mass is 10.3. The molecule has 0 amide bonds. The summed E-state index contributed by atoms with van der Waals surface area (Å²) in [7, 11) is 0. The van der Waals surface area contributed by atoms with Crippen molar-refractivity contribution in [3.63, 3.8) is 0 Å². The molecule has 0 aromatic carbocycles. The second-order valence-electron chi connectivity index (χ2n) is 4.33. The zero-order valence-corrected chi connectivity index (χ0v) is 10.00. The van der Waals surface area contributed by atoms with Crippen LogP contribution in [0.1, 0.15) is 31.4 Å². The molecular weight excluding hydrogens is 202 g/mol. The Bertz CT molecular complexity index is 301. The summed E-state index contributed by atoms with van der Waals surface area (Å²) in [5.41, 5.74) is 0. The molecule has 1 fully saturated rings. The van der Waals surface area contributed by atoms with Crippen molar-refractivity contribution in [2.45, 2.75) is 32.7 Å². The SMILES string of the molecule is CCCc1n[nH]c(CN2CCCNCC2)n1. The van der Waals surface area contributed by atoms with Crippen LogP contribution < -0.4 is 5.32 Å². The van der Waals surface area contributed by atoms with Gasteiger partial charge in [0.15, 0.2) is 5.82 Å². The van der Waals surface area contributed by atoms with Gasteiger partial charge in [-0.25, -0.2) is 4.98 Å². The van der Waals surface area contributed by atoms with E-state index in [1.54, 1.807) is 0 Å². The monoisotopic (exact) mass is 223 g/mol. The highest BCUT2D eigenvalue weighted by Crippen LogP contribution is 2.03. The van der Waals surface area contributed by atoms with Crippen molar-refractivity contribution in [1.29, 1.82) is 0 Å². The predicted octanol–water partition coefficient (Wildman–Crippen LogP) is 0.552. The quantitative estimate of drug-likeness (QED) is 0.783. The molecule has 90 valence electrons. The molecule has 1 aromatic heterocycles. The second-order valence-corrected chi connectivity index (χ2v) is 4.33. The van der Waals surface area contributed by atoms with Gasteiger partial charge in [-0.1, -0.05) is 6.92 Å². The lowest BCUT2D eigenvalue weighted by Crippen LogP contribution is -2.28. The first-order valence-corrected chi connectivity index (χ1v) is 6.21. The number of nitrogens with zero attached hydrogens (tertiary/aromatic N) is 3. The molecule has 16 heavy (non-hydrogen) atoms. The van der Waals surface area contributed by atoms with Crippen molar-refractivity contribution >= 4 is 0 Å². The number of rotatable bonds is 4. The molecule has 1 aliphatic heterocycles. The molecule has 0 bridgehead atoms. The fraction of sp³-hybridized carbons (Fsp3) is 0.818. The Morgan fingerprint density at radius 2 is 2.25 bits per heavy atom. The maximum atomic E-state index is 4.50. The molecule has 0 unspecified atom stereocenters. The third-order valence-corrected chi connectivity index (χ3v) is 2.86. The number of hydrogen-bond donors (Lipinski definition) is 2. The Balaban J connectivity index is 1.86. The number of nitrogens with one attached hydrogen (secondary N) is 2. The molecule has 0 saturated carbocycles. The lowest BCUT2D eigenvalue weighted by Gasteiger charge is -2.17. The van der Waals surface area contributed by atoms with Crippen LogP contribution in [0, 0.1) is 0 Å². The predicted molar refractivity (Wildman–Crippen MR) is 63.1 cm³/mol. The van der Waals surface area contributed by atoms with Crippen molar-refractivity contribution in [1.82, 2.24) is 25.4 Å². The summed E-state index contributed by atoms with van der Waals surface area (Å²) < 4.78 is 0. The Kier molecular flexibility index (Phi) is 4.30. The molecule has 2 heterocycles. The van der Waals surface area contributed by atoms with Gasteiger partial charge in [0.25, 0.3) is 0 Å². The first kappa shape index (κ1) is 11.5. The topological polar surface area (TPSA) is 56.8 Å². The van der Waals surface area contributed by atoms with Crippen LogP contribution in [0.2, 0.25) is 0 Å². The van der Waals surface area contributed by atoms with Gasteiger partial charge in [-0.2, -0.15) is 5.10 Å². The normalized spacial score (nSPS) is 18.6. The van der Waals surface area contributed by atoms with Crippen LogP contribution in [0.4, 0.5) is 0 Å². The van der Waals surface area contributed by atoms with E-state index in [1.165, 1.54) is 6.42 Å². The summed E-state index contributed by atoms with van der Waals surface area (Å²) >= 11 is 0. The van der Waals surface area contributed by atoms with Crippen LogP contribution in [0.15, 0.2) is 0 Å². The Hall–Kier alpha value is -0.940. The van der Waals surface area contributed by atoms with Gasteiger partial charge in [0.1, 0.15) is 5.82 Å². The van der Waals surface area contributed by atoms with E-state index in [-0.39, 0.29) is 0 Å². The van der Waals surface area contributed by atoms with Crippen molar-refractivity contribution < 1.29 is 0 Å². The van der Waals surface area contributed by atoms with Crippen molar-refractivity contribution in [3.05, 3.63) is 11.6 Å². The van der Waals surface area contributed by atoms with E-state index in [1.807, 2.05) is 0 Å². The van der Waals surface area contributed by atoms with E-state index in [4.69, 9.17) is 0 Å². The average molecular weight is 223 g/mol.